The molecule has 0 saturated carbocycles. The van der Waals surface area contributed by atoms with Crippen molar-refractivity contribution < 1.29 is 8.78 Å². The maximum atomic E-state index is 14.0. The van der Waals surface area contributed by atoms with E-state index in [0.717, 1.165) is 54.4 Å². The molecule has 5 rings (SSSR count). The summed E-state index contributed by atoms with van der Waals surface area (Å²) in [4.78, 5) is 11.3. The Morgan fingerprint density at radius 2 is 2.00 bits per heavy atom. The standard InChI is InChI=1S/C22H21F2N7/c1-22(23,24)16-7-2-5-14(11-16)17-8-3-9-18-19(17)21(26-13-25-18)31-10-4-6-15(12-31)20-27-29-30-28-20/h2-3,5,7-9,11,13,15H,4,6,10,12H2,1H3,(H,27,28,29,30). The molecule has 3 heterocycles. The van der Waals surface area contributed by atoms with Gasteiger partial charge in [0.1, 0.15) is 12.1 Å². The smallest absolute Gasteiger partial charge is 0.270 e. The molecule has 0 amide bonds. The Balaban J connectivity index is 1.61. The predicted octanol–water partition coefficient (Wildman–Crippen LogP) is 4.31. The third-order valence-electron chi connectivity index (χ3n) is 5.79. The van der Waals surface area contributed by atoms with Gasteiger partial charge < -0.3 is 4.90 Å². The molecule has 1 aliphatic rings. The Hall–Kier alpha value is -3.49. The van der Waals surface area contributed by atoms with Gasteiger partial charge in [-0.2, -0.15) is 0 Å². The monoisotopic (exact) mass is 421 g/mol. The number of hydrogen-bond acceptors (Lipinski definition) is 6. The highest BCUT2D eigenvalue weighted by molar-refractivity contribution is 6.02. The van der Waals surface area contributed by atoms with Crippen LogP contribution in [0.5, 0.6) is 0 Å². The normalized spacial score (nSPS) is 17.3. The molecular formula is C22H21F2N7. The Kier molecular flexibility index (Phi) is 4.80. The zero-order valence-corrected chi connectivity index (χ0v) is 17.0. The van der Waals surface area contributed by atoms with Crippen LogP contribution < -0.4 is 4.90 Å². The second kappa shape index (κ2) is 7.64. The van der Waals surface area contributed by atoms with Crippen LogP contribution in [-0.2, 0) is 5.92 Å². The molecule has 7 nitrogen and oxygen atoms in total. The summed E-state index contributed by atoms with van der Waals surface area (Å²) in [5.74, 6) is -1.18. The fourth-order valence-corrected chi connectivity index (χ4v) is 4.27. The van der Waals surface area contributed by atoms with Gasteiger partial charge in [0.05, 0.1) is 10.9 Å². The van der Waals surface area contributed by atoms with E-state index in [1.54, 1.807) is 18.5 Å². The van der Waals surface area contributed by atoms with E-state index in [9.17, 15) is 8.78 Å². The van der Waals surface area contributed by atoms with Gasteiger partial charge in [0, 0.05) is 31.5 Å². The largest absolute Gasteiger partial charge is 0.355 e. The molecule has 0 bridgehead atoms. The predicted molar refractivity (Wildman–Crippen MR) is 113 cm³/mol. The van der Waals surface area contributed by atoms with Crippen LogP contribution in [-0.4, -0.2) is 43.7 Å². The second-order valence-electron chi connectivity index (χ2n) is 7.94. The highest BCUT2D eigenvalue weighted by Gasteiger charge is 2.27. The van der Waals surface area contributed by atoms with Crippen LogP contribution >= 0.6 is 0 Å². The van der Waals surface area contributed by atoms with E-state index in [1.807, 2.05) is 24.3 Å². The highest BCUT2D eigenvalue weighted by Crippen LogP contribution is 2.38. The Morgan fingerprint density at radius 1 is 1.13 bits per heavy atom. The van der Waals surface area contributed by atoms with Gasteiger partial charge >= 0.3 is 0 Å². The van der Waals surface area contributed by atoms with E-state index in [4.69, 9.17) is 0 Å². The van der Waals surface area contributed by atoms with Gasteiger partial charge in [0.25, 0.3) is 5.92 Å². The summed E-state index contributed by atoms with van der Waals surface area (Å²) in [5.41, 5.74) is 2.31. The number of nitrogens with one attached hydrogen (secondary N) is 1. The minimum Gasteiger partial charge on any atom is -0.355 e. The van der Waals surface area contributed by atoms with Crippen LogP contribution in [0.2, 0.25) is 0 Å². The first-order chi connectivity index (χ1) is 15.0. The molecule has 9 heteroatoms. The molecule has 1 fully saturated rings. The maximum Gasteiger partial charge on any atom is 0.270 e. The summed E-state index contributed by atoms with van der Waals surface area (Å²) in [5, 5.41) is 15.2. The van der Waals surface area contributed by atoms with Crippen molar-refractivity contribution in [3.05, 3.63) is 60.2 Å². The van der Waals surface area contributed by atoms with Crippen LogP contribution in [0, 0.1) is 0 Å². The van der Waals surface area contributed by atoms with Crippen LogP contribution in [0.1, 0.15) is 37.1 Å². The summed E-state index contributed by atoms with van der Waals surface area (Å²) < 4.78 is 27.9. The number of fused-ring (bicyclic) bond motifs is 1. The van der Waals surface area contributed by atoms with Crippen LogP contribution in [0.25, 0.3) is 22.0 Å². The first-order valence-electron chi connectivity index (χ1n) is 10.2. The summed E-state index contributed by atoms with van der Waals surface area (Å²) in [6.07, 6.45) is 3.51. The van der Waals surface area contributed by atoms with Gasteiger partial charge in [0.2, 0.25) is 0 Å². The molecule has 0 radical (unpaired) electrons. The van der Waals surface area contributed by atoms with E-state index >= 15 is 0 Å². The van der Waals surface area contributed by atoms with Crippen molar-refractivity contribution in [2.45, 2.75) is 31.6 Å². The maximum absolute atomic E-state index is 14.0. The molecule has 158 valence electrons. The summed E-state index contributed by atoms with van der Waals surface area (Å²) in [6, 6.07) is 12.3. The summed E-state index contributed by atoms with van der Waals surface area (Å²) >= 11 is 0. The number of aromatic amines is 1. The number of piperidine rings is 1. The minimum atomic E-state index is -2.91. The fourth-order valence-electron chi connectivity index (χ4n) is 4.27. The van der Waals surface area contributed by atoms with Gasteiger partial charge in [0.15, 0.2) is 5.82 Å². The van der Waals surface area contributed by atoms with Crippen molar-refractivity contribution in [2.75, 3.05) is 18.0 Å². The molecule has 1 atom stereocenters. The number of nitrogens with zero attached hydrogens (tertiary/aromatic N) is 6. The van der Waals surface area contributed by atoms with Crippen molar-refractivity contribution in [3.8, 4) is 11.1 Å². The SMILES string of the molecule is CC(F)(F)c1cccc(-c2cccc3ncnc(N4CCCC(c5nnn[nH]5)C4)c23)c1. The number of hydrogen-bond donors (Lipinski definition) is 1. The molecule has 0 aliphatic carbocycles. The van der Waals surface area contributed by atoms with Gasteiger partial charge in [-0.15, -0.1) is 5.10 Å². The van der Waals surface area contributed by atoms with Gasteiger partial charge in [-0.05, 0) is 46.5 Å². The Morgan fingerprint density at radius 3 is 2.81 bits per heavy atom. The number of anilines is 1. The average molecular weight is 421 g/mol. The molecule has 4 aromatic rings. The van der Waals surface area contributed by atoms with Crippen molar-refractivity contribution in [2.24, 2.45) is 0 Å². The minimum absolute atomic E-state index is 0.0174. The zero-order valence-electron chi connectivity index (χ0n) is 17.0. The number of aromatic nitrogens is 6. The molecule has 1 N–H and O–H groups in total. The zero-order chi connectivity index (χ0) is 21.4. The summed E-state index contributed by atoms with van der Waals surface area (Å²) in [6.45, 7) is 2.46. The Labute approximate surface area is 177 Å². The van der Waals surface area contributed by atoms with E-state index in [2.05, 4.69) is 35.5 Å². The molecule has 1 saturated heterocycles. The average Bonchev–Trinajstić information content (AvgIpc) is 3.33. The summed E-state index contributed by atoms with van der Waals surface area (Å²) in [7, 11) is 0. The van der Waals surface area contributed by atoms with Crippen LogP contribution in [0.3, 0.4) is 0 Å². The molecular weight excluding hydrogens is 400 g/mol. The molecule has 0 spiro atoms. The van der Waals surface area contributed by atoms with E-state index in [1.165, 1.54) is 6.07 Å². The lowest BCUT2D eigenvalue weighted by molar-refractivity contribution is 0.0175. The quantitative estimate of drug-likeness (QED) is 0.529. The Bertz CT molecular complexity index is 1200. The van der Waals surface area contributed by atoms with Crippen LogP contribution in [0.15, 0.2) is 48.8 Å². The molecule has 1 aliphatic heterocycles. The number of H-pyrrole nitrogens is 1. The van der Waals surface area contributed by atoms with Crippen molar-refractivity contribution in [1.29, 1.82) is 0 Å². The third-order valence-corrected chi connectivity index (χ3v) is 5.79. The lowest BCUT2D eigenvalue weighted by atomic mass is 9.95. The van der Waals surface area contributed by atoms with Gasteiger partial charge in [-0.3, -0.25) is 0 Å². The highest BCUT2D eigenvalue weighted by atomic mass is 19.3. The first-order valence-corrected chi connectivity index (χ1v) is 10.2. The fraction of sp³-hybridized carbons (Fsp3) is 0.318. The molecule has 2 aromatic heterocycles. The number of halogens is 2. The lowest BCUT2D eigenvalue weighted by Crippen LogP contribution is -2.35. The van der Waals surface area contributed by atoms with Crippen LogP contribution in [0.4, 0.5) is 14.6 Å². The molecule has 2 aromatic carbocycles. The van der Waals surface area contributed by atoms with Crippen molar-refractivity contribution in [1.82, 2.24) is 30.6 Å². The first kappa shape index (κ1) is 19.5. The number of tetrazole rings is 1. The van der Waals surface area contributed by atoms with Crippen molar-refractivity contribution in [3.63, 3.8) is 0 Å². The second-order valence-corrected chi connectivity index (χ2v) is 7.94. The lowest BCUT2D eigenvalue weighted by Gasteiger charge is -2.33. The van der Waals surface area contributed by atoms with Gasteiger partial charge in [-0.25, -0.2) is 23.8 Å². The van der Waals surface area contributed by atoms with Gasteiger partial charge in [-0.1, -0.05) is 30.3 Å². The van der Waals surface area contributed by atoms with Crippen molar-refractivity contribution >= 4 is 16.7 Å². The topological polar surface area (TPSA) is 83.5 Å². The molecule has 1 unspecified atom stereocenters. The van der Waals surface area contributed by atoms with E-state index in [0.29, 0.717) is 12.1 Å². The van der Waals surface area contributed by atoms with E-state index in [-0.39, 0.29) is 11.5 Å². The third kappa shape index (κ3) is 3.71. The number of rotatable bonds is 4. The van der Waals surface area contributed by atoms with E-state index < -0.39 is 5.92 Å². The number of benzene rings is 2. The number of alkyl halides is 2. The molecule has 31 heavy (non-hydrogen) atoms.